The maximum Gasteiger partial charge on any atom is 0.333 e. The molecule has 0 fully saturated rings. The lowest BCUT2D eigenvalue weighted by Crippen LogP contribution is -2.15. The molecule has 0 aromatic carbocycles. The number of hydrogen-bond donors (Lipinski definition) is 1. The normalized spacial score (nSPS) is 11.5. The third kappa shape index (κ3) is 20.2. The smallest absolute Gasteiger partial charge is 0.333 e. The molecule has 0 spiro atoms. The van der Waals surface area contributed by atoms with Crippen LogP contribution in [-0.4, -0.2) is 35.4 Å². The fourth-order valence-corrected chi connectivity index (χ4v) is 3.73. The second-order valence-corrected chi connectivity index (χ2v) is 8.70. The van der Waals surface area contributed by atoms with Crippen molar-refractivity contribution in [3.05, 3.63) is 11.3 Å². The van der Waals surface area contributed by atoms with Gasteiger partial charge in [0.1, 0.15) is 0 Å². The van der Waals surface area contributed by atoms with E-state index >= 15 is 0 Å². The highest BCUT2D eigenvalue weighted by Crippen LogP contribution is 2.13. The second-order valence-electron chi connectivity index (χ2n) is 7.91. The van der Waals surface area contributed by atoms with Crippen molar-refractivity contribution in [3.8, 4) is 0 Å². The maximum absolute atomic E-state index is 10.5. The number of carbonyl (C=O) groups is 1. The Kier molecular flexibility index (Phi) is 24.1. The maximum atomic E-state index is 10.5. The zero-order valence-corrected chi connectivity index (χ0v) is 21.1. The number of alkyl halides is 1. The summed E-state index contributed by atoms with van der Waals surface area (Å²) in [6.07, 6.45) is 21.0. The fourth-order valence-electron chi connectivity index (χ4n) is 3.33. The molecule has 0 saturated carbocycles. The molecule has 28 heavy (non-hydrogen) atoms. The zero-order valence-electron chi connectivity index (χ0n) is 19.5. The van der Waals surface area contributed by atoms with Crippen LogP contribution >= 0.6 is 15.9 Å². The number of nitrogens with zero attached hydrogens (tertiary/aromatic N) is 1. The SMILES string of the molecule is CC/C(=C(/C)C(=O)O)N(C)C.CCCCCCCCCCCCCCCCBr. The molecule has 0 aliphatic carbocycles. The molecule has 0 aromatic heterocycles. The Morgan fingerprint density at radius 1 is 0.750 bits per heavy atom. The largest absolute Gasteiger partial charge is 0.478 e. The zero-order chi connectivity index (χ0) is 21.6. The van der Waals surface area contributed by atoms with Crippen molar-refractivity contribution in [3.63, 3.8) is 0 Å². The highest BCUT2D eigenvalue weighted by Gasteiger charge is 2.08. The Hall–Kier alpha value is -0.510. The van der Waals surface area contributed by atoms with Gasteiger partial charge in [-0.05, 0) is 19.8 Å². The van der Waals surface area contributed by atoms with Crippen LogP contribution in [0.15, 0.2) is 11.3 Å². The van der Waals surface area contributed by atoms with Gasteiger partial charge in [0.2, 0.25) is 0 Å². The molecule has 0 atom stereocenters. The second kappa shape index (κ2) is 22.8. The number of unbranched alkanes of at least 4 members (excludes halogenated alkanes) is 13. The predicted octanol–water partition coefficient (Wildman–Crippen LogP) is 8.18. The van der Waals surface area contributed by atoms with E-state index in [1.54, 1.807) is 6.92 Å². The first-order chi connectivity index (χ1) is 13.4. The Labute approximate surface area is 184 Å². The summed E-state index contributed by atoms with van der Waals surface area (Å²) in [5.41, 5.74) is 1.30. The van der Waals surface area contributed by atoms with Crippen molar-refractivity contribution in [2.24, 2.45) is 0 Å². The molecular weight excluding hydrogens is 414 g/mol. The minimum absolute atomic E-state index is 0.428. The average Bonchev–Trinajstić information content (AvgIpc) is 2.66. The predicted molar refractivity (Wildman–Crippen MR) is 128 cm³/mol. The number of carboxylic acids is 1. The van der Waals surface area contributed by atoms with Crippen LogP contribution in [-0.2, 0) is 4.79 Å². The van der Waals surface area contributed by atoms with E-state index < -0.39 is 5.97 Å². The van der Waals surface area contributed by atoms with Crippen LogP contribution in [0.4, 0.5) is 0 Å². The Bertz CT molecular complexity index is 367. The van der Waals surface area contributed by atoms with E-state index in [2.05, 4.69) is 22.9 Å². The monoisotopic (exact) mass is 461 g/mol. The van der Waals surface area contributed by atoms with Crippen LogP contribution in [0.1, 0.15) is 117 Å². The molecule has 0 amide bonds. The summed E-state index contributed by atoms with van der Waals surface area (Å²) >= 11 is 3.48. The minimum Gasteiger partial charge on any atom is -0.478 e. The van der Waals surface area contributed by atoms with Gasteiger partial charge in [-0.15, -0.1) is 0 Å². The van der Waals surface area contributed by atoms with E-state index in [1.165, 1.54) is 95.2 Å². The first kappa shape index (κ1) is 29.7. The molecule has 0 radical (unpaired) electrons. The van der Waals surface area contributed by atoms with Crippen molar-refractivity contribution in [1.82, 2.24) is 4.90 Å². The summed E-state index contributed by atoms with van der Waals surface area (Å²) in [5, 5.41) is 9.83. The third-order valence-electron chi connectivity index (χ3n) is 5.12. The van der Waals surface area contributed by atoms with E-state index in [4.69, 9.17) is 5.11 Å². The van der Waals surface area contributed by atoms with Gasteiger partial charge in [-0.1, -0.05) is 113 Å². The van der Waals surface area contributed by atoms with Crippen LogP contribution in [0.5, 0.6) is 0 Å². The van der Waals surface area contributed by atoms with E-state index in [-0.39, 0.29) is 0 Å². The standard InChI is InChI=1S/C16H33Br.C8H15NO2/c1-2-3-4-5-6-7-8-9-10-11-12-13-14-15-16-17;1-5-7(9(3)4)6(2)8(10)11/h2-16H2,1H3;5H2,1-4H3,(H,10,11)/b;7-6+. The Morgan fingerprint density at radius 3 is 1.32 bits per heavy atom. The van der Waals surface area contributed by atoms with Gasteiger partial charge in [0, 0.05) is 25.1 Å². The number of rotatable bonds is 17. The van der Waals surface area contributed by atoms with Crippen molar-refractivity contribution in [2.75, 3.05) is 19.4 Å². The van der Waals surface area contributed by atoms with Crippen LogP contribution in [0.2, 0.25) is 0 Å². The summed E-state index contributed by atoms with van der Waals surface area (Å²) in [5.74, 6) is -0.837. The first-order valence-electron chi connectivity index (χ1n) is 11.6. The molecule has 0 unspecified atom stereocenters. The van der Waals surface area contributed by atoms with Gasteiger partial charge >= 0.3 is 5.97 Å². The molecule has 3 nitrogen and oxygen atoms in total. The molecule has 0 aliphatic heterocycles. The molecule has 168 valence electrons. The molecule has 4 heteroatoms. The molecule has 0 aliphatic rings. The summed E-state index contributed by atoms with van der Waals surface area (Å²) in [7, 11) is 3.70. The lowest BCUT2D eigenvalue weighted by atomic mass is 10.0. The van der Waals surface area contributed by atoms with Gasteiger partial charge in [-0.2, -0.15) is 0 Å². The fraction of sp³-hybridized carbons (Fsp3) is 0.875. The van der Waals surface area contributed by atoms with Gasteiger partial charge in [0.25, 0.3) is 0 Å². The highest BCUT2D eigenvalue weighted by atomic mass is 79.9. The molecular formula is C24H48BrNO2. The van der Waals surface area contributed by atoms with E-state index in [0.29, 0.717) is 5.57 Å². The van der Waals surface area contributed by atoms with Crippen molar-refractivity contribution < 1.29 is 9.90 Å². The summed E-state index contributed by atoms with van der Waals surface area (Å²) in [4.78, 5) is 12.4. The van der Waals surface area contributed by atoms with Gasteiger partial charge < -0.3 is 10.0 Å². The van der Waals surface area contributed by atoms with Crippen LogP contribution in [0.3, 0.4) is 0 Å². The minimum atomic E-state index is -0.837. The van der Waals surface area contributed by atoms with Crippen molar-refractivity contribution in [2.45, 2.75) is 117 Å². The number of aliphatic carboxylic acids is 1. The Morgan fingerprint density at radius 2 is 1.11 bits per heavy atom. The van der Waals surface area contributed by atoms with Gasteiger partial charge in [0.05, 0.1) is 5.57 Å². The number of halogens is 1. The molecule has 0 aromatic rings. The highest BCUT2D eigenvalue weighted by molar-refractivity contribution is 9.09. The van der Waals surface area contributed by atoms with Crippen LogP contribution in [0, 0.1) is 0 Å². The van der Waals surface area contributed by atoms with Crippen LogP contribution < -0.4 is 0 Å². The molecule has 0 heterocycles. The average molecular weight is 463 g/mol. The summed E-state index contributed by atoms with van der Waals surface area (Å²) in [6, 6.07) is 0. The number of allylic oxidation sites excluding steroid dienone is 1. The third-order valence-corrected chi connectivity index (χ3v) is 5.68. The van der Waals surface area contributed by atoms with Crippen molar-refractivity contribution >= 4 is 21.9 Å². The quantitative estimate of drug-likeness (QED) is 0.135. The number of carboxylic acid groups (broad SMARTS) is 1. The number of hydrogen-bond acceptors (Lipinski definition) is 2. The molecule has 0 bridgehead atoms. The topological polar surface area (TPSA) is 40.5 Å². The Balaban J connectivity index is 0. The lowest BCUT2D eigenvalue weighted by Gasteiger charge is -2.17. The van der Waals surface area contributed by atoms with Crippen molar-refractivity contribution in [1.29, 1.82) is 0 Å². The molecule has 1 N–H and O–H groups in total. The van der Waals surface area contributed by atoms with E-state index in [9.17, 15) is 4.79 Å². The summed E-state index contributed by atoms with van der Waals surface area (Å²) in [6.45, 7) is 5.86. The van der Waals surface area contributed by atoms with Gasteiger partial charge in [-0.25, -0.2) is 4.79 Å². The molecule has 0 saturated heterocycles. The van der Waals surface area contributed by atoms with Gasteiger partial charge in [0.15, 0.2) is 0 Å². The lowest BCUT2D eigenvalue weighted by molar-refractivity contribution is -0.132. The van der Waals surface area contributed by atoms with E-state index in [1.807, 2.05) is 25.9 Å². The molecule has 0 rings (SSSR count). The van der Waals surface area contributed by atoms with E-state index in [0.717, 1.165) is 12.1 Å². The van der Waals surface area contributed by atoms with Crippen LogP contribution in [0.25, 0.3) is 0 Å². The first-order valence-corrected chi connectivity index (χ1v) is 12.7. The van der Waals surface area contributed by atoms with Gasteiger partial charge in [-0.3, -0.25) is 0 Å². The summed E-state index contributed by atoms with van der Waals surface area (Å²) < 4.78 is 0.